The number of nitrogens with zero attached hydrogens (tertiary/aromatic N) is 2. The lowest BCUT2D eigenvalue weighted by Gasteiger charge is -2.36. The molecule has 0 bridgehead atoms. The third-order valence-corrected chi connectivity index (χ3v) is 4.22. The molecule has 1 aromatic carbocycles. The van der Waals surface area contributed by atoms with Gasteiger partial charge in [0.15, 0.2) is 0 Å². The van der Waals surface area contributed by atoms with Gasteiger partial charge in [-0.2, -0.15) is 0 Å². The van der Waals surface area contributed by atoms with Gasteiger partial charge in [-0.25, -0.2) is 0 Å². The van der Waals surface area contributed by atoms with E-state index in [1.165, 1.54) is 5.69 Å². The van der Waals surface area contributed by atoms with Gasteiger partial charge in [0, 0.05) is 33.3 Å². The van der Waals surface area contributed by atoms with E-state index in [-0.39, 0.29) is 12.0 Å². The summed E-state index contributed by atoms with van der Waals surface area (Å²) in [4.78, 5) is 16.5. The third kappa shape index (κ3) is 3.29. The van der Waals surface area contributed by atoms with Gasteiger partial charge in [0.2, 0.25) is 5.91 Å². The molecule has 1 N–H and O–H groups in total. The van der Waals surface area contributed by atoms with Crippen LogP contribution in [0.15, 0.2) is 24.3 Å². The van der Waals surface area contributed by atoms with Gasteiger partial charge in [0.05, 0.1) is 24.0 Å². The van der Waals surface area contributed by atoms with E-state index < -0.39 is 0 Å². The topological polar surface area (TPSA) is 44.8 Å². The van der Waals surface area contributed by atoms with Crippen molar-refractivity contribution in [1.29, 1.82) is 0 Å². The third-order valence-electron chi connectivity index (χ3n) is 4.22. The number of ether oxygens (including phenoxy) is 1. The Labute approximate surface area is 125 Å². The summed E-state index contributed by atoms with van der Waals surface area (Å²) >= 11 is 0. The Morgan fingerprint density at radius 1 is 1.33 bits per heavy atom. The van der Waals surface area contributed by atoms with Crippen molar-refractivity contribution in [3.63, 3.8) is 0 Å². The van der Waals surface area contributed by atoms with Crippen LogP contribution in [0, 0.1) is 0 Å². The van der Waals surface area contributed by atoms with Crippen LogP contribution in [-0.4, -0.2) is 51.8 Å². The number of anilines is 2. The van der Waals surface area contributed by atoms with E-state index in [0.717, 1.165) is 38.2 Å². The van der Waals surface area contributed by atoms with Crippen LogP contribution in [0.2, 0.25) is 0 Å². The quantitative estimate of drug-likeness (QED) is 0.906. The van der Waals surface area contributed by atoms with Gasteiger partial charge in [-0.3, -0.25) is 4.79 Å². The predicted octanol–water partition coefficient (Wildman–Crippen LogP) is 1.24. The number of amides is 1. The molecular weight excluding hydrogens is 266 g/mol. The molecule has 5 nitrogen and oxygen atoms in total. The van der Waals surface area contributed by atoms with Crippen molar-refractivity contribution < 1.29 is 9.53 Å². The summed E-state index contributed by atoms with van der Waals surface area (Å²) in [6.45, 7) is 3.69. The molecule has 1 saturated heterocycles. The Kier molecular flexibility index (Phi) is 4.29. The fourth-order valence-electron chi connectivity index (χ4n) is 2.99. The van der Waals surface area contributed by atoms with Gasteiger partial charge in [-0.1, -0.05) is 12.1 Å². The Morgan fingerprint density at radius 2 is 2.14 bits per heavy atom. The monoisotopic (exact) mass is 289 g/mol. The molecule has 21 heavy (non-hydrogen) atoms. The van der Waals surface area contributed by atoms with Gasteiger partial charge < -0.3 is 19.9 Å². The van der Waals surface area contributed by atoms with Crippen molar-refractivity contribution in [2.45, 2.75) is 18.9 Å². The first kappa shape index (κ1) is 14.2. The van der Waals surface area contributed by atoms with Crippen LogP contribution in [0.1, 0.15) is 12.8 Å². The highest BCUT2D eigenvalue weighted by molar-refractivity contribution is 5.84. The fourth-order valence-corrected chi connectivity index (χ4v) is 2.99. The van der Waals surface area contributed by atoms with Crippen LogP contribution in [0.4, 0.5) is 11.4 Å². The molecule has 1 unspecified atom stereocenters. The second kappa shape index (κ2) is 6.35. The maximum Gasteiger partial charge on any atom is 0.239 e. The van der Waals surface area contributed by atoms with Crippen molar-refractivity contribution in [2.24, 2.45) is 0 Å². The van der Waals surface area contributed by atoms with Gasteiger partial charge in [0.1, 0.15) is 0 Å². The number of hydrogen-bond acceptors (Lipinski definition) is 4. The van der Waals surface area contributed by atoms with Crippen LogP contribution >= 0.6 is 0 Å². The SMILES string of the molecule is CN1CCN(CC(=O)NCC2CCCO2)c2ccccc21. The van der Waals surface area contributed by atoms with Gasteiger partial charge >= 0.3 is 0 Å². The normalized spacial score (nSPS) is 21.3. The van der Waals surface area contributed by atoms with E-state index in [1.807, 2.05) is 12.1 Å². The van der Waals surface area contributed by atoms with Gasteiger partial charge in [0.25, 0.3) is 0 Å². The highest BCUT2D eigenvalue weighted by Gasteiger charge is 2.22. The number of fused-ring (bicyclic) bond motifs is 1. The Morgan fingerprint density at radius 3 is 2.90 bits per heavy atom. The number of para-hydroxylation sites is 2. The van der Waals surface area contributed by atoms with Crippen molar-refractivity contribution in [3.8, 4) is 0 Å². The number of benzene rings is 1. The number of hydrogen-bond donors (Lipinski definition) is 1. The molecule has 1 aromatic rings. The molecule has 1 atom stereocenters. The van der Waals surface area contributed by atoms with E-state index in [1.54, 1.807) is 0 Å². The zero-order chi connectivity index (χ0) is 14.7. The molecule has 3 rings (SSSR count). The zero-order valence-electron chi connectivity index (χ0n) is 12.5. The van der Waals surface area contributed by atoms with Crippen LogP contribution in [-0.2, 0) is 9.53 Å². The van der Waals surface area contributed by atoms with E-state index in [9.17, 15) is 4.79 Å². The van der Waals surface area contributed by atoms with Crippen molar-refractivity contribution in [1.82, 2.24) is 5.32 Å². The van der Waals surface area contributed by atoms with Crippen molar-refractivity contribution >= 4 is 17.3 Å². The highest BCUT2D eigenvalue weighted by Crippen LogP contribution is 2.31. The minimum Gasteiger partial charge on any atom is -0.376 e. The van der Waals surface area contributed by atoms with Crippen molar-refractivity contribution in [3.05, 3.63) is 24.3 Å². The number of nitrogens with one attached hydrogen (secondary N) is 1. The maximum atomic E-state index is 12.1. The molecule has 2 aliphatic heterocycles. The largest absolute Gasteiger partial charge is 0.376 e. The molecule has 0 aliphatic carbocycles. The van der Waals surface area contributed by atoms with Gasteiger partial charge in [-0.15, -0.1) is 0 Å². The number of rotatable bonds is 4. The number of likely N-dealkylation sites (N-methyl/N-ethyl adjacent to an activating group) is 1. The molecule has 0 aromatic heterocycles. The summed E-state index contributed by atoms with van der Waals surface area (Å²) in [7, 11) is 2.09. The first-order valence-electron chi connectivity index (χ1n) is 7.67. The van der Waals surface area contributed by atoms with Crippen LogP contribution in [0.25, 0.3) is 0 Å². The standard InChI is InChI=1S/C16H23N3O2/c1-18-8-9-19(15-7-3-2-6-14(15)18)12-16(20)17-11-13-5-4-10-21-13/h2-3,6-7,13H,4-5,8-12H2,1H3,(H,17,20). The van der Waals surface area contributed by atoms with Crippen LogP contribution < -0.4 is 15.1 Å². The van der Waals surface area contributed by atoms with E-state index in [0.29, 0.717) is 13.1 Å². The number of carbonyl (C=O) groups excluding carboxylic acids is 1. The molecule has 1 amide bonds. The fraction of sp³-hybridized carbons (Fsp3) is 0.562. The second-order valence-corrected chi connectivity index (χ2v) is 5.77. The first-order valence-corrected chi connectivity index (χ1v) is 7.67. The maximum absolute atomic E-state index is 12.1. The van der Waals surface area contributed by atoms with E-state index >= 15 is 0 Å². The molecular formula is C16H23N3O2. The average molecular weight is 289 g/mol. The summed E-state index contributed by atoms with van der Waals surface area (Å²) in [5.41, 5.74) is 2.33. The van der Waals surface area contributed by atoms with Crippen LogP contribution in [0.5, 0.6) is 0 Å². The zero-order valence-corrected chi connectivity index (χ0v) is 12.5. The molecule has 0 radical (unpaired) electrons. The van der Waals surface area contributed by atoms with Crippen LogP contribution in [0.3, 0.4) is 0 Å². The Hall–Kier alpha value is -1.75. The molecule has 1 fully saturated rings. The second-order valence-electron chi connectivity index (χ2n) is 5.77. The molecule has 5 heteroatoms. The molecule has 2 aliphatic rings. The molecule has 114 valence electrons. The molecule has 0 spiro atoms. The summed E-state index contributed by atoms with van der Waals surface area (Å²) in [6.07, 6.45) is 2.36. The Bertz CT molecular complexity index is 500. The lowest BCUT2D eigenvalue weighted by Crippen LogP contribution is -2.45. The lowest BCUT2D eigenvalue weighted by molar-refractivity contribution is -0.120. The summed E-state index contributed by atoms with van der Waals surface area (Å²) in [5.74, 6) is 0.0739. The predicted molar refractivity (Wildman–Crippen MR) is 83.9 cm³/mol. The summed E-state index contributed by atoms with van der Waals surface area (Å²) < 4.78 is 5.53. The lowest BCUT2D eigenvalue weighted by atomic mass is 10.1. The summed E-state index contributed by atoms with van der Waals surface area (Å²) in [5, 5.41) is 2.99. The smallest absolute Gasteiger partial charge is 0.239 e. The van der Waals surface area contributed by atoms with E-state index in [4.69, 9.17) is 4.74 Å². The minimum absolute atomic E-state index is 0.0739. The average Bonchev–Trinajstić information content (AvgIpc) is 3.02. The Balaban J connectivity index is 1.57. The molecule has 0 saturated carbocycles. The number of carbonyl (C=O) groups is 1. The van der Waals surface area contributed by atoms with E-state index in [2.05, 4.69) is 34.3 Å². The minimum atomic E-state index is 0.0739. The first-order chi connectivity index (χ1) is 10.2. The van der Waals surface area contributed by atoms with Gasteiger partial charge in [-0.05, 0) is 25.0 Å². The highest BCUT2D eigenvalue weighted by atomic mass is 16.5. The molecule has 2 heterocycles. The summed E-state index contributed by atoms with van der Waals surface area (Å²) in [6, 6.07) is 8.25. The van der Waals surface area contributed by atoms with Crippen molar-refractivity contribution in [2.75, 3.05) is 49.6 Å².